The van der Waals surface area contributed by atoms with Gasteiger partial charge in [-0.05, 0) is 30.7 Å². The van der Waals surface area contributed by atoms with Gasteiger partial charge in [0, 0.05) is 37.6 Å². The first-order valence-electron chi connectivity index (χ1n) is 6.58. The maximum Gasteiger partial charge on any atom is 0.222 e. The number of pyridine rings is 2. The van der Waals surface area contributed by atoms with E-state index in [1.54, 1.807) is 17.1 Å². The first kappa shape index (κ1) is 13.2. The number of aryl methyl sites for hydroxylation is 2. The Morgan fingerprint density at radius 1 is 1.29 bits per heavy atom. The van der Waals surface area contributed by atoms with Gasteiger partial charge in [0.05, 0.1) is 5.39 Å². The monoisotopic (exact) mass is 281 g/mol. The lowest BCUT2D eigenvalue weighted by molar-refractivity contribution is -0.114. The SMILES string of the molecule is CC(=O)Nc1nn(C)c2nc(C)c(-c3ccncc3)cc12. The van der Waals surface area contributed by atoms with Crippen LogP contribution in [0.2, 0.25) is 0 Å². The zero-order chi connectivity index (χ0) is 15.0. The summed E-state index contributed by atoms with van der Waals surface area (Å²) in [5, 5.41) is 7.88. The summed E-state index contributed by atoms with van der Waals surface area (Å²) >= 11 is 0. The largest absolute Gasteiger partial charge is 0.309 e. The minimum absolute atomic E-state index is 0.152. The van der Waals surface area contributed by atoms with Gasteiger partial charge >= 0.3 is 0 Å². The molecule has 0 aliphatic carbocycles. The minimum atomic E-state index is -0.152. The van der Waals surface area contributed by atoms with Crippen molar-refractivity contribution in [1.29, 1.82) is 0 Å². The number of hydrogen-bond acceptors (Lipinski definition) is 4. The second-order valence-electron chi connectivity index (χ2n) is 4.88. The maximum absolute atomic E-state index is 11.3. The third kappa shape index (κ3) is 2.35. The van der Waals surface area contributed by atoms with E-state index < -0.39 is 0 Å². The van der Waals surface area contributed by atoms with E-state index in [9.17, 15) is 4.79 Å². The second-order valence-corrected chi connectivity index (χ2v) is 4.88. The normalized spacial score (nSPS) is 10.8. The van der Waals surface area contributed by atoms with Crippen LogP contribution in [0.1, 0.15) is 12.6 Å². The molecule has 0 radical (unpaired) electrons. The number of anilines is 1. The molecule has 0 spiro atoms. The highest BCUT2D eigenvalue weighted by atomic mass is 16.1. The van der Waals surface area contributed by atoms with Gasteiger partial charge in [-0.1, -0.05) is 0 Å². The van der Waals surface area contributed by atoms with E-state index in [0.29, 0.717) is 5.82 Å². The molecule has 0 atom stereocenters. The van der Waals surface area contributed by atoms with Gasteiger partial charge in [-0.3, -0.25) is 9.78 Å². The maximum atomic E-state index is 11.3. The third-order valence-electron chi connectivity index (χ3n) is 3.29. The van der Waals surface area contributed by atoms with E-state index in [1.807, 2.05) is 32.2 Å². The van der Waals surface area contributed by atoms with Crippen molar-refractivity contribution in [2.75, 3.05) is 5.32 Å². The molecule has 21 heavy (non-hydrogen) atoms. The molecule has 6 nitrogen and oxygen atoms in total. The predicted octanol–water partition coefficient (Wildman–Crippen LogP) is 2.30. The molecule has 0 bridgehead atoms. The Morgan fingerprint density at radius 3 is 2.67 bits per heavy atom. The topological polar surface area (TPSA) is 72.7 Å². The predicted molar refractivity (Wildman–Crippen MR) is 80.8 cm³/mol. The number of amides is 1. The van der Waals surface area contributed by atoms with Crippen LogP contribution in [-0.4, -0.2) is 25.7 Å². The summed E-state index contributed by atoms with van der Waals surface area (Å²) in [6.45, 7) is 3.42. The Morgan fingerprint density at radius 2 is 2.00 bits per heavy atom. The Labute approximate surface area is 121 Å². The molecule has 0 saturated heterocycles. The third-order valence-corrected chi connectivity index (χ3v) is 3.29. The zero-order valence-corrected chi connectivity index (χ0v) is 12.1. The molecule has 0 saturated carbocycles. The Balaban J connectivity index is 2.24. The number of carbonyl (C=O) groups is 1. The number of carbonyl (C=O) groups excluding carboxylic acids is 1. The molecule has 3 aromatic rings. The van der Waals surface area contributed by atoms with Crippen molar-refractivity contribution in [2.45, 2.75) is 13.8 Å². The van der Waals surface area contributed by atoms with Crippen LogP contribution >= 0.6 is 0 Å². The van der Waals surface area contributed by atoms with Crippen molar-refractivity contribution in [2.24, 2.45) is 7.05 Å². The molecule has 3 aromatic heterocycles. The molecule has 0 unspecified atom stereocenters. The quantitative estimate of drug-likeness (QED) is 0.782. The van der Waals surface area contributed by atoms with Crippen LogP contribution in [0.15, 0.2) is 30.6 Å². The summed E-state index contributed by atoms with van der Waals surface area (Å²) in [6, 6.07) is 5.87. The molecule has 0 aliphatic heterocycles. The molecule has 0 aromatic carbocycles. The van der Waals surface area contributed by atoms with Gasteiger partial charge in [-0.2, -0.15) is 5.10 Å². The average molecular weight is 281 g/mol. The van der Waals surface area contributed by atoms with Gasteiger partial charge in [0.2, 0.25) is 5.91 Å². The van der Waals surface area contributed by atoms with E-state index in [4.69, 9.17) is 0 Å². The van der Waals surface area contributed by atoms with Gasteiger partial charge in [0.15, 0.2) is 11.5 Å². The number of fused-ring (bicyclic) bond motifs is 1. The van der Waals surface area contributed by atoms with Gasteiger partial charge in [-0.25, -0.2) is 9.67 Å². The summed E-state index contributed by atoms with van der Waals surface area (Å²) in [6.07, 6.45) is 3.49. The highest BCUT2D eigenvalue weighted by molar-refractivity contribution is 5.99. The van der Waals surface area contributed by atoms with Crippen LogP contribution in [0.4, 0.5) is 5.82 Å². The van der Waals surface area contributed by atoms with Gasteiger partial charge in [-0.15, -0.1) is 0 Å². The summed E-state index contributed by atoms with van der Waals surface area (Å²) in [5.74, 6) is 0.379. The summed E-state index contributed by atoms with van der Waals surface area (Å²) in [4.78, 5) is 19.9. The fourth-order valence-corrected chi connectivity index (χ4v) is 2.35. The van der Waals surface area contributed by atoms with E-state index in [-0.39, 0.29) is 5.91 Å². The first-order valence-corrected chi connectivity index (χ1v) is 6.58. The number of nitrogens with zero attached hydrogens (tertiary/aromatic N) is 4. The van der Waals surface area contributed by atoms with E-state index in [0.717, 1.165) is 27.9 Å². The fraction of sp³-hybridized carbons (Fsp3) is 0.200. The molecule has 1 amide bonds. The zero-order valence-electron chi connectivity index (χ0n) is 12.1. The molecule has 106 valence electrons. The lowest BCUT2D eigenvalue weighted by Gasteiger charge is -2.06. The fourth-order valence-electron chi connectivity index (χ4n) is 2.35. The van der Waals surface area contributed by atoms with Gasteiger partial charge in [0.1, 0.15) is 0 Å². The lowest BCUT2D eigenvalue weighted by atomic mass is 10.0. The smallest absolute Gasteiger partial charge is 0.222 e. The van der Waals surface area contributed by atoms with Crippen LogP contribution in [-0.2, 0) is 11.8 Å². The summed E-state index contributed by atoms with van der Waals surface area (Å²) in [7, 11) is 1.81. The van der Waals surface area contributed by atoms with Crippen molar-refractivity contribution < 1.29 is 4.79 Å². The highest BCUT2D eigenvalue weighted by Gasteiger charge is 2.14. The van der Waals surface area contributed by atoms with Crippen molar-refractivity contribution in [1.82, 2.24) is 19.7 Å². The molecule has 0 fully saturated rings. The van der Waals surface area contributed by atoms with Crippen LogP contribution < -0.4 is 5.32 Å². The van der Waals surface area contributed by atoms with Crippen molar-refractivity contribution in [3.05, 3.63) is 36.3 Å². The first-order chi connectivity index (χ1) is 10.1. The van der Waals surface area contributed by atoms with Crippen LogP contribution in [0.3, 0.4) is 0 Å². The highest BCUT2D eigenvalue weighted by Crippen LogP contribution is 2.29. The van der Waals surface area contributed by atoms with Crippen molar-refractivity contribution in [3.63, 3.8) is 0 Å². The Bertz CT molecular complexity index is 823. The van der Waals surface area contributed by atoms with Crippen molar-refractivity contribution in [3.8, 4) is 11.1 Å². The van der Waals surface area contributed by atoms with Gasteiger partial charge < -0.3 is 5.32 Å². The standard InChI is InChI=1S/C15H15N5O/c1-9-12(11-4-6-16-7-5-11)8-13-14(18-10(2)21)19-20(3)15(13)17-9/h4-8H,1-3H3,(H,18,19,21). The van der Waals surface area contributed by atoms with E-state index >= 15 is 0 Å². The number of nitrogens with one attached hydrogen (secondary N) is 1. The number of rotatable bonds is 2. The number of aromatic nitrogens is 4. The van der Waals surface area contributed by atoms with E-state index in [1.165, 1.54) is 6.92 Å². The summed E-state index contributed by atoms with van der Waals surface area (Å²) in [5.41, 5.74) is 3.69. The van der Waals surface area contributed by atoms with Gasteiger partial charge in [0.25, 0.3) is 0 Å². The summed E-state index contributed by atoms with van der Waals surface area (Å²) < 4.78 is 1.67. The molecule has 3 rings (SSSR count). The molecular weight excluding hydrogens is 266 g/mol. The Hall–Kier alpha value is -2.76. The molecule has 6 heteroatoms. The average Bonchev–Trinajstić information content (AvgIpc) is 2.74. The van der Waals surface area contributed by atoms with Crippen LogP contribution in [0, 0.1) is 6.92 Å². The Kier molecular flexibility index (Phi) is 3.13. The van der Waals surface area contributed by atoms with Crippen LogP contribution in [0.25, 0.3) is 22.2 Å². The molecular formula is C15H15N5O. The molecule has 0 aliphatic rings. The van der Waals surface area contributed by atoms with Crippen LogP contribution in [0.5, 0.6) is 0 Å². The van der Waals surface area contributed by atoms with E-state index in [2.05, 4.69) is 20.4 Å². The molecule has 3 heterocycles. The van der Waals surface area contributed by atoms with Crippen molar-refractivity contribution >= 4 is 22.8 Å². The minimum Gasteiger partial charge on any atom is -0.309 e. The second kappa shape index (κ2) is 4.97. The number of hydrogen-bond donors (Lipinski definition) is 1. The lowest BCUT2D eigenvalue weighted by Crippen LogP contribution is -2.06. The molecule has 1 N–H and O–H groups in total.